The summed E-state index contributed by atoms with van der Waals surface area (Å²) in [6.07, 6.45) is 6.67. The molecule has 22 heavy (non-hydrogen) atoms. The van der Waals surface area contributed by atoms with Crippen LogP contribution in [0.1, 0.15) is 30.0 Å². The quantitative estimate of drug-likeness (QED) is 0.635. The Bertz CT molecular complexity index is 579. The number of rotatable bonds is 6. The summed E-state index contributed by atoms with van der Waals surface area (Å²) in [5, 5.41) is 3.70. The van der Waals surface area contributed by atoms with Crippen molar-refractivity contribution in [3.63, 3.8) is 0 Å². The largest absolute Gasteiger partial charge is 0.377 e. The summed E-state index contributed by atoms with van der Waals surface area (Å²) in [6, 6.07) is 21.8. The van der Waals surface area contributed by atoms with Crippen molar-refractivity contribution >= 4 is 0 Å². The lowest BCUT2D eigenvalue weighted by atomic mass is 9.98. The van der Waals surface area contributed by atoms with E-state index < -0.39 is 0 Å². The van der Waals surface area contributed by atoms with E-state index in [0.29, 0.717) is 18.7 Å². The molecule has 0 saturated heterocycles. The van der Waals surface area contributed by atoms with Gasteiger partial charge in [0.25, 0.3) is 0 Å². The molecule has 2 aromatic rings. The van der Waals surface area contributed by atoms with Gasteiger partial charge in [-0.25, -0.2) is 0 Å². The zero-order chi connectivity index (χ0) is 15.0. The highest BCUT2D eigenvalue weighted by Gasteiger charge is 2.17. The van der Waals surface area contributed by atoms with E-state index in [-0.39, 0.29) is 0 Å². The molecule has 114 valence electrons. The van der Waals surface area contributed by atoms with Crippen molar-refractivity contribution in [2.24, 2.45) is 0 Å². The van der Waals surface area contributed by atoms with Gasteiger partial charge in [0.05, 0.1) is 12.6 Å². The van der Waals surface area contributed by atoms with Crippen LogP contribution in [0.15, 0.2) is 72.8 Å². The Hall–Kier alpha value is -1.90. The molecule has 2 heteroatoms. The molecule has 1 heterocycles. The lowest BCUT2D eigenvalue weighted by Gasteiger charge is -2.27. The number of benzene rings is 2. The fourth-order valence-corrected chi connectivity index (χ4v) is 2.82. The number of nitrogens with one attached hydrogen (secondary N) is 1. The van der Waals surface area contributed by atoms with Gasteiger partial charge in [0.1, 0.15) is 0 Å². The van der Waals surface area contributed by atoms with Crippen molar-refractivity contribution in [1.29, 1.82) is 0 Å². The molecule has 2 nitrogen and oxygen atoms in total. The topological polar surface area (TPSA) is 21.3 Å². The van der Waals surface area contributed by atoms with Gasteiger partial charge in [0.2, 0.25) is 0 Å². The first-order valence-electron chi connectivity index (χ1n) is 8.01. The Morgan fingerprint density at radius 1 is 0.955 bits per heavy atom. The minimum absolute atomic E-state index is 0.328. The van der Waals surface area contributed by atoms with Gasteiger partial charge < -0.3 is 10.1 Å². The Balaban J connectivity index is 1.43. The van der Waals surface area contributed by atoms with Gasteiger partial charge in [-0.2, -0.15) is 0 Å². The molecule has 0 aromatic heterocycles. The third-order valence-corrected chi connectivity index (χ3v) is 4.05. The lowest BCUT2D eigenvalue weighted by molar-refractivity contribution is 0.110. The molecule has 2 aromatic carbocycles. The normalized spacial score (nSPS) is 20.9. The molecule has 0 aliphatic carbocycles. The van der Waals surface area contributed by atoms with Crippen LogP contribution in [0.3, 0.4) is 0 Å². The van der Waals surface area contributed by atoms with Crippen LogP contribution in [0.5, 0.6) is 0 Å². The van der Waals surface area contributed by atoms with Crippen molar-refractivity contribution in [1.82, 2.24) is 5.32 Å². The third kappa shape index (κ3) is 4.30. The van der Waals surface area contributed by atoms with E-state index >= 15 is 0 Å². The molecular weight excluding hydrogens is 270 g/mol. The van der Waals surface area contributed by atoms with E-state index in [1.165, 1.54) is 11.1 Å². The number of hydrogen-bond acceptors (Lipinski definition) is 2. The van der Waals surface area contributed by atoms with Crippen LogP contribution in [0.25, 0.3) is 0 Å². The van der Waals surface area contributed by atoms with Crippen molar-refractivity contribution < 1.29 is 4.74 Å². The molecule has 1 N–H and O–H groups in total. The van der Waals surface area contributed by atoms with Crippen molar-refractivity contribution in [2.75, 3.05) is 6.61 Å². The van der Waals surface area contributed by atoms with Crippen LogP contribution in [0.4, 0.5) is 0 Å². The fourth-order valence-electron chi connectivity index (χ4n) is 2.82. The molecule has 0 radical (unpaired) electrons. The van der Waals surface area contributed by atoms with E-state index in [4.69, 9.17) is 4.74 Å². The molecule has 1 aliphatic rings. The van der Waals surface area contributed by atoms with Gasteiger partial charge >= 0.3 is 0 Å². The lowest BCUT2D eigenvalue weighted by Crippen LogP contribution is -2.35. The molecule has 1 aliphatic heterocycles. The second kappa shape index (κ2) is 7.92. The second-order valence-electron chi connectivity index (χ2n) is 5.74. The average Bonchev–Trinajstić information content (AvgIpc) is 2.61. The standard InChI is InChI=1S/C20H23NO/c1-3-8-17(9-4-1)16-22-15-14-19-12-7-13-20(21-19)18-10-5-2-6-11-18/h1-11,13,19-21H,12,14-16H2. The smallest absolute Gasteiger partial charge is 0.0716 e. The molecule has 2 unspecified atom stereocenters. The summed E-state index contributed by atoms with van der Waals surface area (Å²) in [5.74, 6) is 0. The first kappa shape index (κ1) is 15.0. The van der Waals surface area contributed by atoms with E-state index in [0.717, 1.165) is 19.4 Å². The minimum Gasteiger partial charge on any atom is -0.377 e. The molecule has 2 atom stereocenters. The van der Waals surface area contributed by atoms with E-state index in [9.17, 15) is 0 Å². The highest BCUT2D eigenvalue weighted by atomic mass is 16.5. The summed E-state index contributed by atoms with van der Waals surface area (Å²) in [5.41, 5.74) is 2.56. The summed E-state index contributed by atoms with van der Waals surface area (Å²) >= 11 is 0. The van der Waals surface area contributed by atoms with Crippen LogP contribution < -0.4 is 5.32 Å². The first-order valence-corrected chi connectivity index (χ1v) is 8.01. The Kier molecular flexibility index (Phi) is 5.41. The number of hydrogen-bond donors (Lipinski definition) is 1. The summed E-state index contributed by atoms with van der Waals surface area (Å²) in [7, 11) is 0. The fraction of sp³-hybridized carbons (Fsp3) is 0.300. The monoisotopic (exact) mass is 293 g/mol. The molecule has 0 fully saturated rings. The highest BCUT2D eigenvalue weighted by molar-refractivity contribution is 5.24. The van der Waals surface area contributed by atoms with Crippen molar-refractivity contribution in [2.45, 2.75) is 31.5 Å². The van der Waals surface area contributed by atoms with E-state index in [1.54, 1.807) is 0 Å². The Morgan fingerprint density at radius 2 is 1.68 bits per heavy atom. The van der Waals surface area contributed by atoms with Crippen LogP contribution >= 0.6 is 0 Å². The van der Waals surface area contributed by atoms with Gasteiger partial charge in [-0.3, -0.25) is 0 Å². The van der Waals surface area contributed by atoms with Gasteiger partial charge in [-0.15, -0.1) is 0 Å². The molecule has 0 bridgehead atoms. The zero-order valence-electron chi connectivity index (χ0n) is 12.8. The maximum Gasteiger partial charge on any atom is 0.0716 e. The van der Waals surface area contributed by atoms with Crippen LogP contribution in [0, 0.1) is 0 Å². The van der Waals surface area contributed by atoms with Crippen LogP contribution in [0.2, 0.25) is 0 Å². The zero-order valence-corrected chi connectivity index (χ0v) is 12.8. The minimum atomic E-state index is 0.328. The second-order valence-corrected chi connectivity index (χ2v) is 5.74. The van der Waals surface area contributed by atoms with Crippen LogP contribution in [-0.4, -0.2) is 12.6 Å². The molecule has 0 amide bonds. The third-order valence-electron chi connectivity index (χ3n) is 4.05. The van der Waals surface area contributed by atoms with E-state index in [1.807, 2.05) is 6.07 Å². The van der Waals surface area contributed by atoms with Crippen molar-refractivity contribution in [3.8, 4) is 0 Å². The summed E-state index contributed by atoms with van der Waals surface area (Å²) in [4.78, 5) is 0. The maximum absolute atomic E-state index is 5.80. The highest BCUT2D eigenvalue weighted by Crippen LogP contribution is 2.21. The van der Waals surface area contributed by atoms with Gasteiger partial charge in [-0.05, 0) is 24.0 Å². The molecular formula is C20H23NO. The SMILES string of the molecule is C1=CC(c2ccccc2)NC(CCOCc2ccccc2)C1. The van der Waals surface area contributed by atoms with Gasteiger partial charge in [0.15, 0.2) is 0 Å². The van der Waals surface area contributed by atoms with E-state index in [2.05, 4.69) is 72.1 Å². The number of ether oxygens (including phenoxy) is 1. The van der Waals surface area contributed by atoms with Crippen molar-refractivity contribution in [3.05, 3.63) is 83.9 Å². The summed E-state index contributed by atoms with van der Waals surface area (Å²) < 4.78 is 5.80. The molecule has 0 spiro atoms. The predicted molar refractivity (Wildman–Crippen MR) is 90.6 cm³/mol. The molecule has 3 rings (SSSR count). The summed E-state index contributed by atoms with van der Waals surface area (Å²) in [6.45, 7) is 1.49. The Labute approximate surface area is 132 Å². The maximum atomic E-state index is 5.80. The average molecular weight is 293 g/mol. The first-order chi connectivity index (χ1) is 10.9. The van der Waals surface area contributed by atoms with Crippen LogP contribution in [-0.2, 0) is 11.3 Å². The van der Waals surface area contributed by atoms with Gasteiger partial charge in [0, 0.05) is 12.6 Å². The Morgan fingerprint density at radius 3 is 2.45 bits per heavy atom. The van der Waals surface area contributed by atoms with Gasteiger partial charge in [-0.1, -0.05) is 72.8 Å². The predicted octanol–water partition coefficient (Wildman–Crippen LogP) is 4.25. The molecule has 0 saturated carbocycles.